The minimum absolute atomic E-state index is 0.0809. The molecule has 0 aliphatic rings. The first-order valence-electron chi connectivity index (χ1n) is 6.29. The Morgan fingerprint density at radius 2 is 1.95 bits per heavy atom. The van der Waals surface area contributed by atoms with Crippen molar-refractivity contribution >= 4 is 40.2 Å². The second kappa shape index (κ2) is 6.25. The molecule has 2 nitrogen and oxygen atoms in total. The van der Waals surface area contributed by atoms with E-state index in [1.165, 1.54) is 11.3 Å². The lowest BCUT2D eigenvalue weighted by Gasteiger charge is -2.19. The van der Waals surface area contributed by atoms with Gasteiger partial charge in [0.15, 0.2) is 0 Å². The predicted molar refractivity (Wildman–Crippen MR) is 88.8 cm³/mol. The van der Waals surface area contributed by atoms with Gasteiger partial charge >= 0.3 is 0 Å². The second-order valence-corrected chi connectivity index (χ2v) is 7.02. The number of aryl methyl sites for hydroxylation is 1. The van der Waals surface area contributed by atoms with Crippen LogP contribution in [0.2, 0.25) is 8.67 Å². The number of nitrogens with one attached hydrogen (secondary N) is 1. The number of halogens is 2. The number of rotatable bonds is 4. The van der Waals surface area contributed by atoms with Crippen LogP contribution in [0.5, 0.6) is 5.75 Å². The largest absolute Gasteiger partial charge is 0.496 e. The average molecular weight is 330 g/mol. The first kappa shape index (κ1) is 15.5. The van der Waals surface area contributed by atoms with E-state index in [2.05, 4.69) is 18.3 Å². The van der Waals surface area contributed by atoms with Crippen molar-refractivity contribution in [2.45, 2.75) is 26.8 Å². The van der Waals surface area contributed by atoms with Crippen LogP contribution >= 0.6 is 34.5 Å². The molecule has 0 aliphatic carbocycles. The van der Waals surface area contributed by atoms with E-state index in [-0.39, 0.29) is 6.04 Å². The summed E-state index contributed by atoms with van der Waals surface area (Å²) >= 11 is 13.6. The molecule has 0 bridgehead atoms. The van der Waals surface area contributed by atoms with Crippen LogP contribution in [-0.4, -0.2) is 7.11 Å². The molecule has 20 heavy (non-hydrogen) atoms. The first-order chi connectivity index (χ1) is 9.43. The minimum atomic E-state index is 0.0809. The highest BCUT2D eigenvalue weighted by Crippen LogP contribution is 2.37. The third-order valence-electron chi connectivity index (χ3n) is 3.33. The normalized spacial score (nSPS) is 12.3. The van der Waals surface area contributed by atoms with Crippen LogP contribution in [0.3, 0.4) is 0 Å². The summed E-state index contributed by atoms with van der Waals surface area (Å²) in [6, 6.07) is 6.10. The molecule has 0 aliphatic heterocycles. The van der Waals surface area contributed by atoms with Crippen molar-refractivity contribution < 1.29 is 4.74 Å². The molecular formula is C15H17Cl2NOS. The molecule has 0 saturated heterocycles. The molecule has 0 fully saturated rings. The molecule has 0 amide bonds. The Hall–Kier alpha value is -0.900. The highest BCUT2D eigenvalue weighted by atomic mass is 35.5. The summed E-state index contributed by atoms with van der Waals surface area (Å²) in [6.45, 7) is 6.15. The summed E-state index contributed by atoms with van der Waals surface area (Å²) in [5, 5.41) is 3.47. The summed E-state index contributed by atoms with van der Waals surface area (Å²) in [4.78, 5) is 0. The van der Waals surface area contributed by atoms with Gasteiger partial charge in [0.05, 0.1) is 21.8 Å². The van der Waals surface area contributed by atoms with Crippen LogP contribution < -0.4 is 10.1 Å². The van der Waals surface area contributed by atoms with E-state index in [0.717, 1.165) is 32.5 Å². The quantitative estimate of drug-likeness (QED) is 0.759. The maximum Gasteiger partial charge on any atom is 0.126 e. The van der Waals surface area contributed by atoms with Gasteiger partial charge in [0.1, 0.15) is 5.75 Å². The van der Waals surface area contributed by atoms with Gasteiger partial charge in [-0.3, -0.25) is 0 Å². The molecule has 1 aromatic carbocycles. The van der Waals surface area contributed by atoms with Crippen LogP contribution in [0.1, 0.15) is 29.7 Å². The van der Waals surface area contributed by atoms with Gasteiger partial charge in [0.2, 0.25) is 0 Å². The topological polar surface area (TPSA) is 21.3 Å². The SMILES string of the molecule is COc1c(C)ccc(NC(C)c2cc(Cl)sc2Cl)c1C. The molecule has 0 saturated carbocycles. The number of ether oxygens (including phenoxy) is 1. The fraction of sp³-hybridized carbons (Fsp3) is 0.333. The van der Waals surface area contributed by atoms with E-state index in [9.17, 15) is 0 Å². The second-order valence-electron chi connectivity index (χ2n) is 4.73. The minimum Gasteiger partial charge on any atom is -0.496 e. The van der Waals surface area contributed by atoms with Crippen molar-refractivity contribution in [3.05, 3.63) is 43.6 Å². The Morgan fingerprint density at radius 1 is 1.25 bits per heavy atom. The number of methoxy groups -OCH3 is 1. The Kier molecular flexibility index (Phi) is 4.84. The van der Waals surface area contributed by atoms with Gasteiger partial charge < -0.3 is 10.1 Å². The molecule has 2 rings (SSSR count). The van der Waals surface area contributed by atoms with Gasteiger partial charge in [-0.2, -0.15) is 0 Å². The molecule has 108 valence electrons. The fourth-order valence-corrected chi connectivity index (χ4v) is 3.90. The van der Waals surface area contributed by atoms with E-state index in [4.69, 9.17) is 27.9 Å². The molecule has 1 N–H and O–H groups in total. The Morgan fingerprint density at radius 3 is 2.50 bits per heavy atom. The first-order valence-corrected chi connectivity index (χ1v) is 7.86. The van der Waals surface area contributed by atoms with Crippen molar-refractivity contribution in [3.8, 4) is 5.75 Å². The molecule has 5 heteroatoms. The van der Waals surface area contributed by atoms with E-state index >= 15 is 0 Å². The predicted octanol–water partition coefficient (Wildman–Crippen LogP) is 5.85. The summed E-state index contributed by atoms with van der Waals surface area (Å²) in [5.74, 6) is 0.914. The molecule has 2 aromatic rings. The molecule has 0 radical (unpaired) electrons. The van der Waals surface area contributed by atoms with Crippen LogP contribution in [0.25, 0.3) is 0 Å². The lowest BCUT2D eigenvalue weighted by molar-refractivity contribution is 0.409. The molecule has 0 spiro atoms. The van der Waals surface area contributed by atoms with Crippen LogP contribution in [0, 0.1) is 13.8 Å². The van der Waals surface area contributed by atoms with Crippen molar-refractivity contribution in [1.82, 2.24) is 0 Å². The zero-order chi connectivity index (χ0) is 14.9. The molecule has 1 heterocycles. The maximum absolute atomic E-state index is 6.20. The van der Waals surface area contributed by atoms with E-state index in [0.29, 0.717) is 4.34 Å². The fourth-order valence-electron chi connectivity index (χ4n) is 2.26. The van der Waals surface area contributed by atoms with Crippen LogP contribution in [-0.2, 0) is 0 Å². The number of anilines is 1. The lowest BCUT2D eigenvalue weighted by Crippen LogP contribution is -2.08. The van der Waals surface area contributed by atoms with E-state index in [1.807, 2.05) is 26.0 Å². The van der Waals surface area contributed by atoms with E-state index < -0.39 is 0 Å². The van der Waals surface area contributed by atoms with Crippen molar-refractivity contribution in [1.29, 1.82) is 0 Å². The lowest BCUT2D eigenvalue weighted by atomic mass is 10.1. The molecule has 1 atom stereocenters. The number of benzene rings is 1. The number of thiophene rings is 1. The van der Waals surface area contributed by atoms with Gasteiger partial charge in [-0.05, 0) is 38.5 Å². The van der Waals surface area contributed by atoms with Crippen molar-refractivity contribution in [2.24, 2.45) is 0 Å². The standard InChI is InChI=1S/C15H17Cl2NOS/c1-8-5-6-12(9(2)14(8)19-4)18-10(3)11-7-13(16)20-15(11)17/h5-7,10,18H,1-4H3. The highest BCUT2D eigenvalue weighted by Gasteiger charge is 2.15. The molecule has 1 unspecified atom stereocenters. The van der Waals surface area contributed by atoms with Gasteiger partial charge in [-0.15, -0.1) is 11.3 Å². The third kappa shape index (κ3) is 3.05. The molecule has 1 aromatic heterocycles. The summed E-state index contributed by atoms with van der Waals surface area (Å²) in [7, 11) is 1.69. The zero-order valence-corrected chi connectivity index (χ0v) is 14.2. The monoisotopic (exact) mass is 329 g/mol. The summed E-state index contributed by atoms with van der Waals surface area (Å²) in [5.41, 5.74) is 4.27. The van der Waals surface area contributed by atoms with E-state index in [1.54, 1.807) is 7.11 Å². The van der Waals surface area contributed by atoms with Gasteiger partial charge in [-0.25, -0.2) is 0 Å². The molecular weight excluding hydrogens is 313 g/mol. The van der Waals surface area contributed by atoms with Crippen LogP contribution in [0.15, 0.2) is 18.2 Å². The summed E-state index contributed by atoms with van der Waals surface area (Å²) in [6.07, 6.45) is 0. The van der Waals surface area contributed by atoms with Gasteiger partial charge in [0, 0.05) is 16.8 Å². The van der Waals surface area contributed by atoms with Gasteiger partial charge in [0.25, 0.3) is 0 Å². The van der Waals surface area contributed by atoms with Crippen LogP contribution in [0.4, 0.5) is 5.69 Å². The Labute approximate surface area is 133 Å². The number of hydrogen-bond acceptors (Lipinski definition) is 3. The maximum atomic E-state index is 6.20. The van der Waals surface area contributed by atoms with Crippen molar-refractivity contribution in [3.63, 3.8) is 0 Å². The smallest absolute Gasteiger partial charge is 0.126 e. The Bertz CT molecular complexity index is 625. The summed E-state index contributed by atoms with van der Waals surface area (Å²) < 4.78 is 6.88. The van der Waals surface area contributed by atoms with Gasteiger partial charge in [-0.1, -0.05) is 29.3 Å². The third-order valence-corrected chi connectivity index (χ3v) is 4.85. The zero-order valence-electron chi connectivity index (χ0n) is 11.9. The Balaban J connectivity index is 2.28. The highest BCUT2D eigenvalue weighted by molar-refractivity contribution is 7.20. The number of hydrogen-bond donors (Lipinski definition) is 1. The van der Waals surface area contributed by atoms with Crippen molar-refractivity contribution in [2.75, 3.05) is 12.4 Å². The average Bonchev–Trinajstić information content (AvgIpc) is 2.73.